The quantitative estimate of drug-likeness (QED) is 0.0912. The number of imidazole rings is 3. The number of aryl methyl sites for hydroxylation is 12. The molecule has 9 aromatic heterocycles. The van der Waals surface area contributed by atoms with E-state index in [9.17, 15) is 0 Å². The minimum absolute atomic E-state index is 0.257. The van der Waals surface area contributed by atoms with Gasteiger partial charge in [-0.1, -0.05) is 197 Å². The summed E-state index contributed by atoms with van der Waals surface area (Å²) in [5.74, 6) is 7.87. The van der Waals surface area contributed by atoms with Gasteiger partial charge in [0.25, 0.3) is 0 Å². The zero-order valence-corrected chi connectivity index (χ0v) is 66.9. The summed E-state index contributed by atoms with van der Waals surface area (Å²) in [6.07, 6.45) is 5.16. The van der Waals surface area contributed by atoms with E-state index < -0.39 is 11.1 Å². The van der Waals surface area contributed by atoms with Crippen molar-refractivity contribution in [2.75, 3.05) is 0 Å². The highest BCUT2D eigenvalue weighted by atomic mass is 79.9. The van der Waals surface area contributed by atoms with Gasteiger partial charge in [-0.2, -0.15) is 0 Å². The number of hydrogen-bond donors (Lipinski definition) is 2. The van der Waals surface area contributed by atoms with Crippen molar-refractivity contribution < 1.29 is 28.1 Å². The van der Waals surface area contributed by atoms with E-state index >= 15 is 0 Å². The average molecular weight is 1570 g/mol. The van der Waals surface area contributed by atoms with Crippen LogP contribution in [0, 0.1) is 83.1 Å². The van der Waals surface area contributed by atoms with E-state index in [1.807, 2.05) is 105 Å². The molecule has 18 aromatic rings. The van der Waals surface area contributed by atoms with Crippen LogP contribution in [-0.4, -0.2) is 64.6 Å². The number of nitrogens with one attached hydrogen (secondary N) is 1. The van der Waals surface area contributed by atoms with Gasteiger partial charge in [-0.05, 0) is 222 Å². The molecule has 0 radical (unpaired) electrons. The largest absolute Gasteiger partial charge is 0.506 e. The lowest BCUT2D eigenvalue weighted by Gasteiger charge is -2.39. The molecule has 19 heteroatoms. The van der Waals surface area contributed by atoms with Gasteiger partial charge in [0.2, 0.25) is 0 Å². The van der Waals surface area contributed by atoms with E-state index in [4.69, 9.17) is 38.1 Å². The summed E-state index contributed by atoms with van der Waals surface area (Å²) in [6, 6.07) is 87.4. The second-order valence-corrected chi connectivity index (χ2v) is 28.9. The number of aromatic hydroxyl groups is 1. The van der Waals surface area contributed by atoms with Crippen LogP contribution in [0.3, 0.4) is 0 Å². The molecule has 114 heavy (non-hydrogen) atoms. The molecule has 0 aliphatic carbocycles. The topological polar surface area (TPSA) is 220 Å². The number of aromatic nitrogens is 12. The molecular weight excluding hydrogens is 1490 g/mol. The van der Waals surface area contributed by atoms with E-state index in [0.717, 1.165) is 168 Å². The Morgan fingerprint density at radius 1 is 0.342 bits per heavy atom. The molecular formula is C95H83BrN12O6. The molecule has 18 rings (SSSR count). The number of H-pyrrole nitrogens is 1. The number of fused-ring (bicyclic) bond motifs is 3. The van der Waals surface area contributed by atoms with Gasteiger partial charge >= 0.3 is 0 Å². The second-order valence-electron chi connectivity index (χ2n) is 28.0. The zero-order chi connectivity index (χ0) is 79.4. The Kier molecular flexibility index (Phi) is 21.5. The molecule has 0 spiro atoms. The Balaban J connectivity index is 0.000000132. The van der Waals surface area contributed by atoms with Crippen molar-refractivity contribution in [1.29, 1.82) is 0 Å². The maximum Gasteiger partial charge on any atom is 0.155 e. The van der Waals surface area contributed by atoms with Gasteiger partial charge in [0.1, 0.15) is 79.6 Å². The molecule has 0 aliphatic heterocycles. The Hall–Kier alpha value is -13.7. The highest BCUT2D eigenvalue weighted by molar-refractivity contribution is 9.10. The molecule has 0 fully saturated rings. The maximum atomic E-state index is 8.86. The summed E-state index contributed by atoms with van der Waals surface area (Å²) in [7, 11) is 0. The van der Waals surface area contributed by atoms with Crippen LogP contribution in [-0.2, 0) is 11.1 Å². The summed E-state index contributed by atoms with van der Waals surface area (Å²) >= 11 is 3.84. The van der Waals surface area contributed by atoms with Gasteiger partial charge < -0.3 is 42.3 Å². The lowest BCUT2D eigenvalue weighted by Crippen LogP contribution is -2.38. The first kappa shape index (κ1) is 75.7. The van der Waals surface area contributed by atoms with Crippen LogP contribution in [0.15, 0.2) is 291 Å². The first-order valence-electron chi connectivity index (χ1n) is 37.5. The molecule has 9 heterocycles. The fourth-order valence-corrected chi connectivity index (χ4v) is 16.1. The molecule has 9 aromatic carbocycles. The van der Waals surface area contributed by atoms with E-state index in [0.29, 0.717) is 28.7 Å². The van der Waals surface area contributed by atoms with Crippen molar-refractivity contribution in [3.05, 3.63) is 380 Å². The minimum Gasteiger partial charge on any atom is -0.506 e. The normalized spacial score (nSPS) is 11.4. The van der Waals surface area contributed by atoms with Crippen LogP contribution >= 0.6 is 15.9 Å². The summed E-state index contributed by atoms with van der Waals surface area (Å²) < 4.78 is 34.9. The third-order valence-electron chi connectivity index (χ3n) is 20.6. The monoisotopic (exact) mass is 1570 g/mol. The summed E-state index contributed by atoms with van der Waals surface area (Å²) in [5, 5.41) is 21.4. The summed E-state index contributed by atoms with van der Waals surface area (Å²) in [4.78, 5) is 30.7. The molecule has 0 amide bonds. The van der Waals surface area contributed by atoms with Crippen LogP contribution in [0.5, 0.6) is 28.7 Å². The average Bonchev–Trinajstić information content (AvgIpc) is 1.47. The van der Waals surface area contributed by atoms with Crippen LogP contribution in [0.4, 0.5) is 0 Å². The molecule has 0 aliphatic rings. The molecule has 0 saturated heterocycles. The molecule has 2 N–H and O–H groups in total. The number of halogens is 1. The van der Waals surface area contributed by atoms with Gasteiger partial charge in [0.15, 0.2) is 11.5 Å². The number of nitrogens with zero attached hydrogens (tertiary/aromatic N) is 11. The highest BCUT2D eigenvalue weighted by Gasteiger charge is 2.43. The number of rotatable bonds is 15. The lowest BCUT2D eigenvalue weighted by molar-refractivity contribution is 0.393. The molecule has 0 saturated carbocycles. The summed E-state index contributed by atoms with van der Waals surface area (Å²) in [6.45, 7) is 23.4. The number of aromatic amines is 1. The van der Waals surface area contributed by atoms with Gasteiger partial charge in [0.05, 0.1) is 50.7 Å². The third-order valence-corrected chi connectivity index (χ3v) is 21.2. The number of benzene rings is 9. The smallest absolute Gasteiger partial charge is 0.155 e. The Bertz CT molecular complexity index is 6160. The fraction of sp³-hybridized carbons (Fsp3) is 0.147. The maximum absolute atomic E-state index is 8.86. The highest BCUT2D eigenvalue weighted by Crippen LogP contribution is 2.49. The predicted octanol–water partition coefficient (Wildman–Crippen LogP) is 22.9. The Morgan fingerprint density at radius 2 is 0.675 bits per heavy atom. The van der Waals surface area contributed by atoms with Crippen molar-refractivity contribution in [3.63, 3.8) is 0 Å². The first-order chi connectivity index (χ1) is 55.3. The van der Waals surface area contributed by atoms with Crippen LogP contribution in [0.2, 0.25) is 0 Å². The lowest BCUT2D eigenvalue weighted by atomic mass is 9.76. The Morgan fingerprint density at radius 3 is 1.02 bits per heavy atom. The minimum atomic E-state index is -0.749. The van der Waals surface area contributed by atoms with Gasteiger partial charge in [-0.3, -0.25) is 15.0 Å². The van der Waals surface area contributed by atoms with Crippen molar-refractivity contribution in [2.45, 2.75) is 94.2 Å². The summed E-state index contributed by atoms with van der Waals surface area (Å²) in [5.41, 5.74) is 21.5. The second kappa shape index (κ2) is 32.4. The van der Waals surface area contributed by atoms with Gasteiger partial charge in [0, 0.05) is 39.8 Å². The Labute approximate surface area is 669 Å². The molecule has 0 unspecified atom stereocenters. The van der Waals surface area contributed by atoms with Gasteiger partial charge in [-0.15, -0.1) is 0 Å². The SMILES string of the molecule is Cc1nc2c(Oc3cccnc3C)cc(-c3c(C)noc3C)cc2[nH]1.Cc1ncccc1O.Cc1ncccc1Oc1cc(-c2c(C)noc2C)cc2c1nc(C)n2C(c1ccccc1)(c1ccccc1)c1ccccc1.Cc1noc(C)c1-c1cc(Br)c2nc(C)n(C(c3ccccc3)(c3ccccc3)c3ccccc3)c2c1. The molecule has 566 valence electrons. The van der Waals surface area contributed by atoms with E-state index in [1.54, 1.807) is 37.6 Å². The zero-order valence-electron chi connectivity index (χ0n) is 65.3. The van der Waals surface area contributed by atoms with Crippen molar-refractivity contribution in [1.82, 2.24) is 59.5 Å². The van der Waals surface area contributed by atoms with E-state index in [1.165, 1.54) is 0 Å². The molecule has 0 atom stereocenters. The fourth-order valence-electron chi connectivity index (χ4n) is 15.6. The third kappa shape index (κ3) is 14.4. The van der Waals surface area contributed by atoms with Crippen LogP contribution in [0.1, 0.15) is 102 Å². The van der Waals surface area contributed by atoms with Crippen molar-refractivity contribution in [3.8, 4) is 62.1 Å². The number of ether oxygens (including phenoxy) is 2. The number of hydrogen-bond acceptors (Lipinski definition) is 15. The predicted molar refractivity (Wildman–Crippen MR) is 450 cm³/mol. The van der Waals surface area contributed by atoms with Crippen LogP contribution in [0.25, 0.3) is 66.5 Å². The van der Waals surface area contributed by atoms with E-state index in [2.05, 4.69) is 279 Å². The van der Waals surface area contributed by atoms with Crippen molar-refractivity contribution in [2.24, 2.45) is 0 Å². The van der Waals surface area contributed by atoms with E-state index in [-0.39, 0.29) is 5.75 Å². The van der Waals surface area contributed by atoms with Crippen LogP contribution < -0.4 is 9.47 Å². The number of pyridine rings is 3. The standard InChI is InChI=1S/C38H32N4O2.C32H26BrN3O.C19H18N4O2.C6H7NO/c1-25-34(21-14-22-39-25)43-35-24-29(36-26(2)41-44-27(36)3)23-33-37(35)40-28(4)42(33)38(30-15-8-5-9-16-30,31-17-10-6-11-18-31)32-19-12-7-13-20-32;1-21-30(22(2)37-35-21)24-19-28(33)31-29(20-24)36(23(3)34-31)32(25-13-7-4-8-14-25,26-15-9-5-10-16-26)27-17-11-6-12-18-27;1-10-16(6-5-7-20-10)24-17-9-14(18-11(2)23-25-12(18)3)8-15-19(17)22-13(4)21-15;1-5-6(8)3-2-4-7-5/h5-24H,1-4H3;4-20H,1-3H3;5-9H,1-4H3,(H,21,22);2-4,8H,1H3. The van der Waals surface area contributed by atoms with Gasteiger partial charge in [-0.25, -0.2) is 15.0 Å². The first-order valence-corrected chi connectivity index (χ1v) is 38.3. The van der Waals surface area contributed by atoms with Crippen molar-refractivity contribution >= 4 is 49.0 Å². The molecule has 18 nitrogen and oxygen atoms in total. The molecule has 0 bridgehead atoms.